The quantitative estimate of drug-likeness (QED) is 0.808. The molecule has 1 fully saturated rings. The summed E-state index contributed by atoms with van der Waals surface area (Å²) in [5, 5.41) is 9.58. The van der Waals surface area contributed by atoms with Crippen molar-refractivity contribution in [3.8, 4) is 0 Å². The van der Waals surface area contributed by atoms with Gasteiger partial charge in [-0.05, 0) is 30.5 Å². The van der Waals surface area contributed by atoms with E-state index in [9.17, 15) is 18.3 Å². The lowest BCUT2D eigenvalue weighted by molar-refractivity contribution is -0.137. The largest absolute Gasteiger partial charge is 0.417 e. The summed E-state index contributed by atoms with van der Waals surface area (Å²) >= 11 is 5.57. The predicted octanol–water partition coefficient (Wildman–Crippen LogP) is 4.38. The Morgan fingerprint density at radius 1 is 1.17 bits per heavy atom. The van der Waals surface area contributed by atoms with E-state index in [0.29, 0.717) is 12.0 Å². The van der Waals surface area contributed by atoms with Crippen LogP contribution in [0.25, 0.3) is 0 Å². The van der Waals surface area contributed by atoms with E-state index in [1.807, 2.05) is 0 Å². The van der Waals surface area contributed by atoms with Gasteiger partial charge in [-0.1, -0.05) is 30.5 Å². The van der Waals surface area contributed by atoms with E-state index >= 15 is 0 Å². The molecule has 1 aliphatic carbocycles. The molecular formula is C13H14ClF3O. The fraction of sp³-hybridized carbons (Fsp3) is 0.538. The zero-order valence-electron chi connectivity index (χ0n) is 9.67. The number of hydrogen-bond acceptors (Lipinski definition) is 1. The van der Waals surface area contributed by atoms with Crippen molar-refractivity contribution in [1.82, 2.24) is 0 Å². The van der Waals surface area contributed by atoms with Crippen molar-refractivity contribution in [3.63, 3.8) is 0 Å². The molecule has 1 N–H and O–H groups in total. The number of alkyl halides is 3. The van der Waals surface area contributed by atoms with Crippen molar-refractivity contribution in [2.45, 2.75) is 43.9 Å². The van der Waals surface area contributed by atoms with Crippen molar-refractivity contribution < 1.29 is 18.3 Å². The molecule has 1 aliphatic rings. The summed E-state index contributed by atoms with van der Waals surface area (Å²) in [5.74, 6) is -0.211. The van der Waals surface area contributed by atoms with E-state index in [1.165, 1.54) is 6.07 Å². The summed E-state index contributed by atoms with van der Waals surface area (Å²) in [7, 11) is 0. The van der Waals surface area contributed by atoms with Crippen LogP contribution in [0.15, 0.2) is 18.2 Å². The molecule has 0 bridgehead atoms. The Bertz CT molecular complexity index is 431. The van der Waals surface area contributed by atoms with Crippen LogP contribution in [-0.4, -0.2) is 11.2 Å². The summed E-state index contributed by atoms with van der Waals surface area (Å²) in [6.45, 7) is 0. The van der Waals surface area contributed by atoms with Crippen LogP contribution in [0, 0.1) is 0 Å². The molecule has 1 nitrogen and oxygen atoms in total. The lowest BCUT2D eigenvalue weighted by atomic mass is 9.81. The van der Waals surface area contributed by atoms with Crippen LogP contribution in [0.3, 0.4) is 0 Å². The molecule has 0 aromatic heterocycles. The molecule has 0 unspecified atom stereocenters. The maximum atomic E-state index is 12.7. The van der Waals surface area contributed by atoms with Crippen molar-refractivity contribution in [3.05, 3.63) is 34.3 Å². The van der Waals surface area contributed by atoms with Crippen LogP contribution in [0.2, 0.25) is 5.02 Å². The first-order valence-electron chi connectivity index (χ1n) is 5.94. The van der Waals surface area contributed by atoms with Crippen LogP contribution >= 0.6 is 11.6 Å². The van der Waals surface area contributed by atoms with Gasteiger partial charge in [0, 0.05) is 5.92 Å². The van der Waals surface area contributed by atoms with Gasteiger partial charge in [-0.15, -0.1) is 0 Å². The summed E-state index contributed by atoms with van der Waals surface area (Å²) < 4.78 is 38.2. The van der Waals surface area contributed by atoms with E-state index in [0.717, 1.165) is 25.3 Å². The second-order valence-corrected chi connectivity index (χ2v) is 5.10. The molecule has 0 saturated heterocycles. The van der Waals surface area contributed by atoms with Crippen molar-refractivity contribution >= 4 is 11.6 Å². The molecule has 100 valence electrons. The molecule has 1 saturated carbocycles. The van der Waals surface area contributed by atoms with E-state index < -0.39 is 17.8 Å². The first-order valence-corrected chi connectivity index (χ1v) is 6.32. The Kier molecular flexibility index (Phi) is 3.87. The molecule has 2 rings (SSSR count). The molecular weight excluding hydrogens is 265 g/mol. The van der Waals surface area contributed by atoms with Gasteiger partial charge in [0.15, 0.2) is 0 Å². The van der Waals surface area contributed by atoms with Gasteiger partial charge in [-0.2, -0.15) is 13.2 Å². The third kappa shape index (κ3) is 2.81. The highest BCUT2D eigenvalue weighted by Gasteiger charge is 2.34. The van der Waals surface area contributed by atoms with Crippen LogP contribution in [-0.2, 0) is 6.18 Å². The molecule has 0 spiro atoms. The Morgan fingerprint density at radius 3 is 2.44 bits per heavy atom. The van der Waals surface area contributed by atoms with E-state index in [4.69, 9.17) is 11.6 Å². The van der Waals surface area contributed by atoms with Crippen LogP contribution in [0.4, 0.5) is 13.2 Å². The Labute approximate surface area is 109 Å². The summed E-state index contributed by atoms with van der Waals surface area (Å²) in [6, 6.07) is 3.92. The highest BCUT2D eigenvalue weighted by atomic mass is 35.5. The number of rotatable bonds is 1. The van der Waals surface area contributed by atoms with Crippen molar-refractivity contribution in [2.75, 3.05) is 0 Å². The number of benzene rings is 1. The van der Waals surface area contributed by atoms with E-state index in [1.54, 1.807) is 6.07 Å². The van der Waals surface area contributed by atoms with Gasteiger partial charge in [-0.3, -0.25) is 0 Å². The molecule has 1 aromatic carbocycles. The smallest absolute Gasteiger partial charge is 0.392 e. The SMILES string of the molecule is O[C@H]1CCCC[C@@H]1c1ccc(Cl)c(C(F)(F)F)c1. The third-order valence-corrected chi connectivity index (χ3v) is 3.78. The van der Waals surface area contributed by atoms with Crippen LogP contribution < -0.4 is 0 Å². The molecule has 0 aliphatic heterocycles. The molecule has 0 radical (unpaired) electrons. The fourth-order valence-electron chi connectivity index (χ4n) is 2.49. The summed E-state index contributed by atoms with van der Waals surface area (Å²) in [4.78, 5) is 0. The van der Waals surface area contributed by atoms with Gasteiger partial charge in [0.25, 0.3) is 0 Å². The van der Waals surface area contributed by atoms with Crippen molar-refractivity contribution in [2.24, 2.45) is 0 Å². The molecule has 0 heterocycles. The van der Waals surface area contributed by atoms with Gasteiger partial charge in [0.05, 0.1) is 16.7 Å². The Balaban J connectivity index is 2.34. The minimum Gasteiger partial charge on any atom is -0.392 e. The normalized spacial score (nSPS) is 25.2. The number of halogens is 4. The zero-order valence-corrected chi connectivity index (χ0v) is 10.4. The predicted molar refractivity (Wildman–Crippen MR) is 63.7 cm³/mol. The van der Waals surface area contributed by atoms with Gasteiger partial charge < -0.3 is 5.11 Å². The minimum absolute atomic E-state index is 0.211. The molecule has 2 atom stereocenters. The molecule has 1 aromatic rings. The average Bonchev–Trinajstić information content (AvgIpc) is 2.29. The van der Waals surface area contributed by atoms with Crippen LogP contribution in [0.1, 0.15) is 42.7 Å². The third-order valence-electron chi connectivity index (χ3n) is 3.45. The number of aliphatic hydroxyl groups excluding tert-OH is 1. The highest BCUT2D eigenvalue weighted by molar-refractivity contribution is 6.31. The highest BCUT2D eigenvalue weighted by Crippen LogP contribution is 2.39. The van der Waals surface area contributed by atoms with E-state index in [-0.39, 0.29) is 10.9 Å². The minimum atomic E-state index is -4.45. The Morgan fingerprint density at radius 2 is 1.83 bits per heavy atom. The topological polar surface area (TPSA) is 20.2 Å². The lowest BCUT2D eigenvalue weighted by Crippen LogP contribution is -2.23. The maximum Gasteiger partial charge on any atom is 0.417 e. The molecule has 0 amide bonds. The zero-order chi connectivity index (χ0) is 13.3. The average molecular weight is 279 g/mol. The first kappa shape index (κ1) is 13.7. The van der Waals surface area contributed by atoms with Gasteiger partial charge in [0.2, 0.25) is 0 Å². The maximum absolute atomic E-state index is 12.7. The Hall–Kier alpha value is -0.740. The number of aliphatic hydroxyl groups is 1. The second kappa shape index (κ2) is 5.10. The monoisotopic (exact) mass is 278 g/mol. The lowest BCUT2D eigenvalue weighted by Gasteiger charge is -2.28. The molecule has 5 heteroatoms. The fourth-order valence-corrected chi connectivity index (χ4v) is 2.72. The van der Waals surface area contributed by atoms with Gasteiger partial charge in [0.1, 0.15) is 0 Å². The standard InChI is InChI=1S/C13H14ClF3O/c14-11-6-5-8(7-10(11)13(15,16)17)9-3-1-2-4-12(9)18/h5-7,9,12,18H,1-4H2/t9-,12+/m1/s1. The number of hydrogen-bond donors (Lipinski definition) is 1. The van der Waals surface area contributed by atoms with Crippen molar-refractivity contribution in [1.29, 1.82) is 0 Å². The van der Waals surface area contributed by atoms with Gasteiger partial charge >= 0.3 is 6.18 Å². The summed E-state index contributed by atoms with van der Waals surface area (Å²) in [5.41, 5.74) is -0.293. The molecule has 18 heavy (non-hydrogen) atoms. The van der Waals surface area contributed by atoms with Crippen LogP contribution in [0.5, 0.6) is 0 Å². The van der Waals surface area contributed by atoms with Gasteiger partial charge in [-0.25, -0.2) is 0 Å². The first-order chi connectivity index (χ1) is 8.39. The second-order valence-electron chi connectivity index (χ2n) is 4.70. The summed E-state index contributed by atoms with van der Waals surface area (Å²) in [6.07, 6.45) is -1.77. The van der Waals surface area contributed by atoms with E-state index in [2.05, 4.69) is 0 Å².